The number of hydrogen-bond acceptors (Lipinski definition) is 4. The van der Waals surface area contributed by atoms with E-state index >= 15 is 0 Å². The average Bonchev–Trinajstić information content (AvgIpc) is 2.45. The first-order chi connectivity index (χ1) is 10.7. The van der Waals surface area contributed by atoms with E-state index in [2.05, 4.69) is 0 Å². The number of carboxylic acids is 1. The topological polar surface area (TPSA) is 98.1 Å². The summed E-state index contributed by atoms with van der Waals surface area (Å²) in [6.45, 7) is 3.31. The summed E-state index contributed by atoms with van der Waals surface area (Å²) in [6, 6.07) is 5.57. The molecule has 23 heavy (non-hydrogen) atoms. The van der Waals surface area contributed by atoms with Gasteiger partial charge in [0.25, 0.3) is 0 Å². The maximum atomic E-state index is 12.9. The third-order valence-corrected chi connectivity index (χ3v) is 5.98. The summed E-state index contributed by atoms with van der Waals surface area (Å²) < 4.78 is 19.4. The number of aliphatic carboxylic acids is 1. The predicted molar refractivity (Wildman–Crippen MR) is 91.2 cm³/mol. The molecule has 1 heterocycles. The molecule has 1 aromatic carbocycles. The van der Waals surface area contributed by atoms with Crippen LogP contribution in [0.1, 0.15) is 24.0 Å². The van der Waals surface area contributed by atoms with Crippen molar-refractivity contribution in [3.63, 3.8) is 0 Å². The molecule has 0 saturated carbocycles. The van der Waals surface area contributed by atoms with Gasteiger partial charge in [-0.05, 0) is 37.8 Å². The van der Waals surface area contributed by atoms with Crippen molar-refractivity contribution in [1.82, 2.24) is 0 Å². The Bertz CT molecular complexity index is 586. The van der Waals surface area contributed by atoms with Crippen LogP contribution >= 0.6 is 10.6 Å². The predicted octanol–water partition coefficient (Wildman–Crippen LogP) is 2.88. The molecule has 0 radical (unpaired) electrons. The maximum absolute atomic E-state index is 12.9. The molecular formula is C16H23NO5S. The number of carbonyl (C=O) groups excluding carboxylic acids is 1. The average molecular weight is 341 g/mol. The van der Waals surface area contributed by atoms with Crippen molar-refractivity contribution in [2.45, 2.75) is 26.7 Å². The van der Waals surface area contributed by atoms with Crippen LogP contribution in [0.15, 0.2) is 18.2 Å². The highest BCUT2D eigenvalue weighted by Crippen LogP contribution is 2.46. The van der Waals surface area contributed by atoms with Gasteiger partial charge in [-0.25, -0.2) is 0 Å². The summed E-state index contributed by atoms with van der Waals surface area (Å²) in [6.07, 6.45) is 0.754. The van der Waals surface area contributed by atoms with Gasteiger partial charge in [-0.3, -0.25) is 18.7 Å². The third-order valence-electron chi connectivity index (χ3n) is 4.20. The van der Waals surface area contributed by atoms with E-state index in [9.17, 15) is 23.8 Å². The van der Waals surface area contributed by atoms with Crippen molar-refractivity contribution < 1.29 is 23.8 Å². The van der Waals surface area contributed by atoms with Crippen LogP contribution in [0.25, 0.3) is 0 Å². The smallest absolute Gasteiger partial charge is 0.323 e. The quantitative estimate of drug-likeness (QED) is 0.782. The molecule has 1 saturated heterocycles. The van der Waals surface area contributed by atoms with E-state index in [4.69, 9.17) is 0 Å². The van der Waals surface area contributed by atoms with Gasteiger partial charge in [0.15, 0.2) is 0 Å². The minimum Gasteiger partial charge on any atom is -0.480 e. The lowest BCUT2D eigenvalue weighted by molar-refractivity contribution is -0.137. The first-order valence-electron chi connectivity index (χ1n) is 7.54. The summed E-state index contributed by atoms with van der Waals surface area (Å²) in [7, 11) is -2.57. The zero-order valence-electron chi connectivity index (χ0n) is 13.4. The molecule has 0 unspecified atom stereocenters. The summed E-state index contributed by atoms with van der Waals surface area (Å²) in [5, 5.41) is 9.19. The number of rotatable bonds is 4. The second-order valence-electron chi connectivity index (χ2n) is 6.04. The van der Waals surface area contributed by atoms with E-state index in [0.29, 0.717) is 18.5 Å². The van der Waals surface area contributed by atoms with Crippen LogP contribution in [0, 0.1) is 19.8 Å². The number of para-hydroxylation sites is 1. The van der Waals surface area contributed by atoms with Gasteiger partial charge in [-0.1, -0.05) is 18.2 Å². The first kappa shape index (κ1) is 17.8. The largest absolute Gasteiger partial charge is 0.480 e. The monoisotopic (exact) mass is 341 g/mol. The summed E-state index contributed by atoms with van der Waals surface area (Å²) in [5.41, 5.74) is 2.33. The zero-order valence-corrected chi connectivity index (χ0v) is 14.2. The van der Waals surface area contributed by atoms with E-state index in [1.54, 1.807) is 0 Å². The number of nitrogens with zero attached hydrogens (tertiary/aromatic N) is 1. The minimum absolute atomic E-state index is 0.205. The van der Waals surface area contributed by atoms with Gasteiger partial charge in [-0.2, -0.15) is 10.6 Å². The normalized spacial score (nSPS) is 19.1. The Balaban J connectivity index is 2.29. The fourth-order valence-corrected chi connectivity index (χ4v) is 4.54. The third kappa shape index (κ3) is 4.25. The summed E-state index contributed by atoms with van der Waals surface area (Å²) in [4.78, 5) is 25.4. The van der Waals surface area contributed by atoms with Gasteiger partial charge < -0.3 is 10.0 Å². The molecule has 0 atom stereocenters. The van der Waals surface area contributed by atoms with Gasteiger partial charge in [0, 0.05) is 17.4 Å². The lowest BCUT2D eigenvalue weighted by atomic mass is 9.99. The highest BCUT2D eigenvalue weighted by Gasteiger charge is 2.33. The summed E-state index contributed by atoms with van der Waals surface area (Å²) >= 11 is 0. The molecule has 1 aliphatic rings. The van der Waals surface area contributed by atoms with Crippen LogP contribution in [0.5, 0.6) is 0 Å². The SMILES string of the molecule is Cc1cccc(C)c1N(CC(=O)O)C(=O)C1CCS(O)(O)CC1. The van der Waals surface area contributed by atoms with Crippen molar-refractivity contribution in [2.75, 3.05) is 23.0 Å². The Labute approximate surface area is 137 Å². The fourth-order valence-electron chi connectivity index (χ4n) is 3.01. The van der Waals surface area contributed by atoms with Gasteiger partial charge in [0.05, 0.1) is 5.69 Å². The van der Waals surface area contributed by atoms with Crippen LogP contribution in [0.3, 0.4) is 0 Å². The van der Waals surface area contributed by atoms with Crippen LogP contribution in [0.4, 0.5) is 5.69 Å². The van der Waals surface area contributed by atoms with Crippen molar-refractivity contribution >= 4 is 28.2 Å². The van der Waals surface area contributed by atoms with Gasteiger partial charge in [0.1, 0.15) is 6.54 Å². The van der Waals surface area contributed by atoms with Crippen molar-refractivity contribution in [3.8, 4) is 0 Å². The lowest BCUT2D eigenvalue weighted by Gasteiger charge is -2.40. The van der Waals surface area contributed by atoms with E-state index in [1.165, 1.54) is 4.90 Å². The van der Waals surface area contributed by atoms with Crippen LogP contribution in [0.2, 0.25) is 0 Å². The van der Waals surface area contributed by atoms with Crippen LogP contribution in [-0.4, -0.2) is 44.1 Å². The standard InChI is InChI=1S/C16H23NO5S/c1-11-4-3-5-12(2)15(11)17(10-14(18)19)16(20)13-6-8-23(21,22)9-7-13/h3-5,13,21-22H,6-10H2,1-2H3,(H,18,19). The molecule has 0 aromatic heterocycles. The van der Waals surface area contributed by atoms with Crippen molar-refractivity contribution in [3.05, 3.63) is 29.3 Å². The zero-order chi connectivity index (χ0) is 17.2. The Morgan fingerprint density at radius 3 is 2.17 bits per heavy atom. The molecule has 7 heteroatoms. The molecular weight excluding hydrogens is 318 g/mol. The molecule has 128 valence electrons. The number of amides is 1. The number of aryl methyl sites for hydroxylation is 2. The molecule has 2 rings (SSSR count). The minimum atomic E-state index is -2.57. The molecule has 1 aromatic rings. The van der Waals surface area contributed by atoms with E-state index in [1.807, 2.05) is 32.0 Å². The molecule has 1 aliphatic heterocycles. The fraction of sp³-hybridized carbons (Fsp3) is 0.500. The Kier molecular flexibility index (Phi) is 5.33. The second kappa shape index (κ2) is 6.90. The number of carboxylic acid groups (broad SMARTS) is 1. The van der Waals surface area contributed by atoms with Crippen LogP contribution < -0.4 is 4.90 Å². The van der Waals surface area contributed by atoms with Gasteiger partial charge in [-0.15, -0.1) is 0 Å². The summed E-state index contributed by atoms with van der Waals surface area (Å²) in [5.74, 6) is -1.28. The number of hydrogen-bond donors (Lipinski definition) is 3. The van der Waals surface area contributed by atoms with Gasteiger partial charge in [0.2, 0.25) is 5.91 Å². The molecule has 0 aliphatic carbocycles. The molecule has 1 amide bonds. The van der Waals surface area contributed by atoms with Crippen molar-refractivity contribution in [1.29, 1.82) is 0 Å². The van der Waals surface area contributed by atoms with Gasteiger partial charge >= 0.3 is 5.97 Å². The molecule has 1 fully saturated rings. The molecule has 3 N–H and O–H groups in total. The molecule has 0 bridgehead atoms. The second-order valence-corrected chi connectivity index (χ2v) is 8.46. The molecule has 0 spiro atoms. The van der Waals surface area contributed by atoms with Crippen molar-refractivity contribution in [2.24, 2.45) is 5.92 Å². The Morgan fingerprint density at radius 2 is 1.70 bits per heavy atom. The van der Waals surface area contributed by atoms with E-state index in [-0.39, 0.29) is 23.3 Å². The van der Waals surface area contributed by atoms with Crippen LogP contribution in [-0.2, 0) is 9.59 Å². The van der Waals surface area contributed by atoms with E-state index in [0.717, 1.165) is 11.1 Å². The maximum Gasteiger partial charge on any atom is 0.323 e. The number of benzene rings is 1. The Morgan fingerprint density at radius 1 is 1.17 bits per heavy atom. The lowest BCUT2D eigenvalue weighted by Crippen LogP contribution is -2.42. The first-order valence-corrected chi connectivity index (χ1v) is 9.43. The van der Waals surface area contributed by atoms with E-state index < -0.39 is 23.1 Å². The molecule has 6 nitrogen and oxygen atoms in total. The highest BCUT2D eigenvalue weighted by atomic mass is 32.3. The highest BCUT2D eigenvalue weighted by molar-refractivity contribution is 8.24. The number of anilines is 1. The Hall–Kier alpha value is -1.57. The number of carbonyl (C=O) groups is 2.